The first-order valence-electron chi connectivity index (χ1n) is 14.1. The lowest BCUT2D eigenvalue weighted by Crippen LogP contribution is -2.46. The normalized spacial score (nSPS) is 16.1. The average molecular weight is 573 g/mol. The molecule has 1 unspecified atom stereocenters. The highest BCUT2D eigenvalue weighted by Crippen LogP contribution is 2.31. The molecule has 4 rings (SSSR count). The Morgan fingerprint density at radius 2 is 1.76 bits per heavy atom. The standard InChI is InChI=1S/C32H40N6O4/c1-31(2)16-11-17-37(21-31)29(40)27(24-14-9-6-10-15-24)38-18-26(34-22-38)36-28(39)25(35-30(41)32(3,4)33)20-42-19-23-12-7-5-8-13-23/h5-10,12-15,18,22,27H,11,16-17,19-21,33H2,1-4H3,(H,36,39). The topological polar surface area (TPSA) is 132 Å². The van der Waals surface area contributed by atoms with E-state index in [-0.39, 0.29) is 36.1 Å². The van der Waals surface area contributed by atoms with Gasteiger partial charge in [-0.3, -0.25) is 14.4 Å². The second kappa shape index (κ2) is 13.2. The maximum absolute atomic E-state index is 13.9. The van der Waals surface area contributed by atoms with E-state index in [2.05, 4.69) is 29.1 Å². The highest BCUT2D eigenvalue weighted by atomic mass is 16.5. The van der Waals surface area contributed by atoms with E-state index < -0.39 is 23.4 Å². The zero-order chi connectivity index (χ0) is 30.3. The van der Waals surface area contributed by atoms with Crippen LogP contribution >= 0.6 is 0 Å². The summed E-state index contributed by atoms with van der Waals surface area (Å²) in [6.07, 6.45) is 5.14. The van der Waals surface area contributed by atoms with Gasteiger partial charge in [-0.15, -0.1) is 0 Å². The van der Waals surface area contributed by atoms with Crippen LogP contribution in [0.25, 0.3) is 0 Å². The van der Waals surface area contributed by atoms with Gasteiger partial charge in [0.15, 0.2) is 5.82 Å². The molecule has 1 aromatic heterocycles. The van der Waals surface area contributed by atoms with Crippen LogP contribution in [-0.2, 0) is 25.7 Å². The summed E-state index contributed by atoms with van der Waals surface area (Å²) < 4.78 is 7.41. The zero-order valence-electron chi connectivity index (χ0n) is 24.7. The second-order valence-electron chi connectivity index (χ2n) is 12.1. The summed E-state index contributed by atoms with van der Waals surface area (Å²) in [4.78, 5) is 50.0. The Morgan fingerprint density at radius 1 is 1.10 bits per heavy atom. The Kier molecular flexibility index (Phi) is 9.70. The van der Waals surface area contributed by atoms with Gasteiger partial charge in [-0.1, -0.05) is 74.5 Å². The predicted octanol–water partition coefficient (Wildman–Crippen LogP) is 3.98. The Hall–Kier alpha value is -4.15. The van der Waals surface area contributed by atoms with Crippen LogP contribution in [0.3, 0.4) is 0 Å². The molecule has 0 aliphatic carbocycles. The summed E-state index contributed by atoms with van der Waals surface area (Å²) in [5.74, 6) is -1.12. The van der Waals surface area contributed by atoms with Crippen LogP contribution in [0.1, 0.15) is 57.7 Å². The lowest BCUT2D eigenvalue weighted by Gasteiger charge is -2.39. The molecule has 10 heteroatoms. The van der Waals surface area contributed by atoms with Crippen molar-refractivity contribution < 1.29 is 19.1 Å². The van der Waals surface area contributed by atoms with Crippen molar-refractivity contribution in [3.63, 3.8) is 0 Å². The van der Waals surface area contributed by atoms with Gasteiger partial charge in [0.1, 0.15) is 11.8 Å². The maximum atomic E-state index is 13.9. The van der Waals surface area contributed by atoms with Crippen LogP contribution in [0.15, 0.2) is 78.2 Å². The number of likely N-dealkylation sites (tertiary alicyclic amines) is 1. The number of ether oxygens (including phenoxy) is 1. The number of piperidine rings is 1. The van der Waals surface area contributed by atoms with Crippen LogP contribution < -0.4 is 11.1 Å². The number of anilines is 1. The minimum atomic E-state index is -1.27. The van der Waals surface area contributed by atoms with Gasteiger partial charge in [0, 0.05) is 19.3 Å². The van der Waals surface area contributed by atoms with Crippen LogP contribution in [0.5, 0.6) is 0 Å². The van der Waals surface area contributed by atoms with Crippen LogP contribution in [0.4, 0.5) is 5.82 Å². The van der Waals surface area contributed by atoms with Gasteiger partial charge in [-0.05, 0) is 43.2 Å². The molecule has 222 valence electrons. The molecule has 42 heavy (non-hydrogen) atoms. The van der Waals surface area contributed by atoms with Gasteiger partial charge < -0.3 is 25.3 Å². The predicted molar refractivity (Wildman–Crippen MR) is 162 cm³/mol. The van der Waals surface area contributed by atoms with Gasteiger partial charge in [-0.25, -0.2) is 9.98 Å². The monoisotopic (exact) mass is 572 g/mol. The lowest BCUT2D eigenvalue weighted by atomic mass is 9.84. The summed E-state index contributed by atoms with van der Waals surface area (Å²) in [5, 5.41) is 2.71. The van der Waals surface area contributed by atoms with E-state index in [9.17, 15) is 14.4 Å². The molecule has 0 spiro atoms. The number of aliphatic imine (C=N–C) groups is 1. The van der Waals surface area contributed by atoms with E-state index in [1.54, 1.807) is 10.8 Å². The summed E-state index contributed by atoms with van der Waals surface area (Å²) >= 11 is 0. The quantitative estimate of drug-likeness (QED) is 0.353. The summed E-state index contributed by atoms with van der Waals surface area (Å²) in [6, 6.07) is 18.3. The second-order valence-corrected chi connectivity index (χ2v) is 12.1. The van der Waals surface area contributed by atoms with E-state index in [0.29, 0.717) is 13.1 Å². The highest BCUT2D eigenvalue weighted by Gasteiger charge is 2.34. The van der Waals surface area contributed by atoms with Crippen molar-refractivity contribution in [3.8, 4) is 0 Å². The number of nitrogens with zero attached hydrogens (tertiary/aromatic N) is 4. The Balaban J connectivity index is 1.54. The molecular formula is C32H40N6O4. The third-order valence-electron chi connectivity index (χ3n) is 7.10. The van der Waals surface area contributed by atoms with Crippen LogP contribution in [0.2, 0.25) is 0 Å². The first-order chi connectivity index (χ1) is 19.9. The molecule has 0 bridgehead atoms. The van der Waals surface area contributed by atoms with Crippen LogP contribution in [0, 0.1) is 5.41 Å². The summed E-state index contributed by atoms with van der Waals surface area (Å²) in [6.45, 7) is 8.77. The van der Waals surface area contributed by atoms with Gasteiger partial charge in [-0.2, -0.15) is 0 Å². The molecule has 0 saturated carbocycles. The average Bonchev–Trinajstić information content (AvgIpc) is 3.40. The number of nitrogens with one attached hydrogen (secondary N) is 1. The molecule has 1 atom stereocenters. The van der Waals surface area contributed by atoms with Crippen molar-refractivity contribution in [2.75, 3.05) is 25.0 Å². The summed E-state index contributed by atoms with van der Waals surface area (Å²) in [5.41, 5.74) is 6.29. The molecule has 1 aliphatic heterocycles. The van der Waals surface area contributed by atoms with E-state index in [0.717, 1.165) is 24.0 Å². The molecule has 2 heterocycles. The molecule has 0 radical (unpaired) electrons. The number of aromatic nitrogens is 2. The highest BCUT2D eigenvalue weighted by molar-refractivity contribution is 6.45. The largest absolute Gasteiger partial charge is 0.370 e. The van der Waals surface area contributed by atoms with Crippen molar-refractivity contribution in [3.05, 3.63) is 84.3 Å². The number of amides is 3. The lowest BCUT2D eigenvalue weighted by molar-refractivity contribution is -0.136. The number of rotatable bonds is 10. The number of imidazole rings is 1. The fourth-order valence-electron chi connectivity index (χ4n) is 4.85. The Morgan fingerprint density at radius 3 is 2.40 bits per heavy atom. The molecule has 2 aromatic carbocycles. The van der Waals surface area contributed by atoms with Crippen molar-refractivity contribution in [2.45, 2.75) is 58.7 Å². The molecule has 1 saturated heterocycles. The minimum Gasteiger partial charge on any atom is -0.370 e. The van der Waals surface area contributed by atoms with E-state index in [1.807, 2.05) is 65.6 Å². The number of carbonyl (C=O) groups excluding carboxylic acids is 3. The molecule has 1 aliphatic rings. The van der Waals surface area contributed by atoms with Crippen molar-refractivity contribution >= 4 is 29.3 Å². The van der Waals surface area contributed by atoms with Crippen molar-refractivity contribution in [1.29, 1.82) is 0 Å². The molecule has 1 fully saturated rings. The fraction of sp³-hybridized carbons (Fsp3) is 0.406. The maximum Gasteiger partial charge on any atom is 0.273 e. The number of benzene rings is 2. The zero-order valence-corrected chi connectivity index (χ0v) is 24.7. The van der Waals surface area contributed by atoms with Gasteiger partial charge in [0.25, 0.3) is 11.8 Å². The van der Waals surface area contributed by atoms with Gasteiger partial charge in [0.2, 0.25) is 5.91 Å². The van der Waals surface area contributed by atoms with E-state index in [4.69, 9.17) is 10.5 Å². The number of hydrogen-bond acceptors (Lipinski definition) is 6. The SMILES string of the molecule is CC1(C)CCCN(C(=O)C(c2ccccc2)n2cnc(NC(=O)C(COCc3ccccc3)=NC(=O)C(C)(C)N)c2)C1. The van der Waals surface area contributed by atoms with E-state index in [1.165, 1.54) is 20.2 Å². The Bertz CT molecular complexity index is 1410. The molecule has 3 amide bonds. The Labute approximate surface area is 247 Å². The number of hydrogen-bond donors (Lipinski definition) is 2. The first-order valence-corrected chi connectivity index (χ1v) is 14.1. The number of nitrogens with two attached hydrogens (primary N) is 1. The molecule has 3 aromatic rings. The van der Waals surface area contributed by atoms with Gasteiger partial charge >= 0.3 is 0 Å². The molecule has 3 N–H and O–H groups in total. The third-order valence-corrected chi connectivity index (χ3v) is 7.10. The van der Waals surface area contributed by atoms with Crippen LogP contribution in [-0.4, -0.2) is 63.1 Å². The van der Waals surface area contributed by atoms with Crippen molar-refractivity contribution in [1.82, 2.24) is 14.5 Å². The smallest absolute Gasteiger partial charge is 0.273 e. The minimum absolute atomic E-state index is 0.0309. The summed E-state index contributed by atoms with van der Waals surface area (Å²) in [7, 11) is 0. The molecular weight excluding hydrogens is 532 g/mol. The fourth-order valence-corrected chi connectivity index (χ4v) is 4.85. The third kappa shape index (κ3) is 8.20. The number of carbonyl (C=O) groups is 3. The van der Waals surface area contributed by atoms with Crippen molar-refractivity contribution in [2.24, 2.45) is 16.1 Å². The first kappa shape index (κ1) is 30.8. The molecule has 10 nitrogen and oxygen atoms in total. The van der Waals surface area contributed by atoms with E-state index >= 15 is 0 Å². The van der Waals surface area contributed by atoms with Gasteiger partial charge in [0.05, 0.1) is 25.1 Å².